The molecule has 3 rings (SSSR count). The van der Waals surface area contributed by atoms with E-state index in [1.807, 2.05) is 20.8 Å². The lowest BCUT2D eigenvalue weighted by Gasteiger charge is -2.26. The average molecular weight is 555 g/mol. The van der Waals surface area contributed by atoms with Gasteiger partial charge in [0.05, 0.1) is 27.0 Å². The van der Waals surface area contributed by atoms with Gasteiger partial charge in [0, 0.05) is 23.1 Å². The van der Waals surface area contributed by atoms with Gasteiger partial charge < -0.3 is 10.2 Å². The van der Waals surface area contributed by atoms with Crippen molar-refractivity contribution in [2.75, 3.05) is 11.9 Å². The Balaban J connectivity index is 1.86. The third-order valence-corrected chi connectivity index (χ3v) is 6.29. The zero-order valence-electron chi connectivity index (χ0n) is 21.0. The first-order valence-electron chi connectivity index (χ1n) is 11.4. The van der Waals surface area contributed by atoms with Crippen molar-refractivity contribution in [1.82, 2.24) is 14.7 Å². The van der Waals surface area contributed by atoms with Crippen LogP contribution in [0, 0.1) is 0 Å². The number of carbonyl (C=O) groups excluding carboxylic acids is 2. The van der Waals surface area contributed by atoms with E-state index in [-0.39, 0.29) is 17.5 Å². The van der Waals surface area contributed by atoms with Crippen molar-refractivity contribution in [2.45, 2.75) is 52.3 Å². The summed E-state index contributed by atoms with van der Waals surface area (Å²) in [5, 5.41) is 8.11. The van der Waals surface area contributed by atoms with Gasteiger partial charge in [-0.15, -0.1) is 0 Å². The number of carbonyl (C=O) groups is 2. The second kappa shape index (κ2) is 10.8. The van der Waals surface area contributed by atoms with Crippen molar-refractivity contribution in [3.05, 3.63) is 75.4 Å². The van der Waals surface area contributed by atoms with Crippen LogP contribution in [-0.2, 0) is 16.4 Å². The molecule has 0 aliphatic rings. The largest absolute Gasteiger partial charge is 0.416 e. The Morgan fingerprint density at radius 1 is 1.00 bits per heavy atom. The molecule has 0 saturated carbocycles. The second-order valence-corrected chi connectivity index (χ2v) is 10.6. The third-order valence-electron chi connectivity index (χ3n) is 5.55. The van der Waals surface area contributed by atoms with E-state index in [9.17, 15) is 22.8 Å². The van der Waals surface area contributed by atoms with E-state index in [1.165, 1.54) is 9.58 Å². The van der Waals surface area contributed by atoms with Crippen molar-refractivity contribution < 1.29 is 22.8 Å². The van der Waals surface area contributed by atoms with Crippen molar-refractivity contribution in [1.29, 1.82) is 0 Å². The summed E-state index contributed by atoms with van der Waals surface area (Å²) in [6.07, 6.45) is -4.51. The molecule has 1 heterocycles. The molecule has 0 bridgehead atoms. The molecule has 1 N–H and O–H groups in total. The fraction of sp³-hybridized carbons (Fsp3) is 0.346. The highest BCUT2D eigenvalue weighted by Crippen LogP contribution is 2.31. The molecule has 0 unspecified atom stereocenters. The smallest absolute Gasteiger partial charge is 0.327 e. The molecule has 2 amide bonds. The Morgan fingerprint density at radius 3 is 2.14 bits per heavy atom. The van der Waals surface area contributed by atoms with Gasteiger partial charge in [-0.1, -0.05) is 44.0 Å². The van der Waals surface area contributed by atoms with E-state index in [1.54, 1.807) is 38.1 Å². The highest BCUT2D eigenvalue weighted by Gasteiger charge is 2.31. The summed E-state index contributed by atoms with van der Waals surface area (Å²) in [5.41, 5.74) is 0.134. The van der Waals surface area contributed by atoms with Crippen LogP contribution in [0.2, 0.25) is 10.0 Å². The Hall–Kier alpha value is -3.04. The normalized spacial score (nSPS) is 12.1. The minimum absolute atomic E-state index is 0.0466. The molecule has 0 aliphatic heterocycles. The number of benzene rings is 2. The van der Waals surface area contributed by atoms with Crippen molar-refractivity contribution in [3.8, 4) is 5.69 Å². The molecule has 11 heteroatoms. The quantitative estimate of drug-likeness (QED) is 0.357. The predicted octanol–water partition coefficient (Wildman–Crippen LogP) is 6.98. The number of alkyl halides is 3. The third kappa shape index (κ3) is 6.84. The minimum atomic E-state index is -4.51. The summed E-state index contributed by atoms with van der Waals surface area (Å²) in [4.78, 5) is 27.4. The number of halogens is 5. The summed E-state index contributed by atoms with van der Waals surface area (Å²) >= 11 is 12.2. The van der Waals surface area contributed by atoms with Gasteiger partial charge in [0.15, 0.2) is 0 Å². The number of nitrogens with one attached hydrogen (secondary N) is 1. The first kappa shape index (κ1) is 28.5. The van der Waals surface area contributed by atoms with Gasteiger partial charge in [0.25, 0.3) is 5.91 Å². The van der Waals surface area contributed by atoms with Gasteiger partial charge in [-0.25, -0.2) is 4.68 Å². The van der Waals surface area contributed by atoms with E-state index in [0.717, 1.165) is 24.3 Å². The van der Waals surface area contributed by atoms with Crippen LogP contribution in [0.3, 0.4) is 0 Å². The fourth-order valence-electron chi connectivity index (χ4n) is 3.44. The van der Waals surface area contributed by atoms with Gasteiger partial charge in [-0.05, 0) is 56.3 Å². The summed E-state index contributed by atoms with van der Waals surface area (Å²) in [6, 6.07) is 10.2. The number of nitrogens with zero attached hydrogens (tertiary/aromatic N) is 3. The average Bonchev–Trinajstić information content (AvgIpc) is 3.22. The van der Waals surface area contributed by atoms with Gasteiger partial charge in [0.2, 0.25) is 5.91 Å². The molecule has 0 spiro atoms. The number of hydrogen-bond acceptors (Lipinski definition) is 3. The maximum absolute atomic E-state index is 13.1. The number of aromatic nitrogens is 2. The van der Waals surface area contributed by atoms with Crippen LogP contribution in [0.15, 0.2) is 48.5 Å². The molecule has 0 aliphatic carbocycles. The molecule has 3 aromatic rings. The lowest BCUT2D eigenvalue weighted by atomic mass is 9.92. The van der Waals surface area contributed by atoms with Crippen LogP contribution in [0.4, 0.5) is 19.0 Å². The molecular weight excluding hydrogens is 528 g/mol. The Bertz CT molecular complexity index is 1300. The zero-order chi connectivity index (χ0) is 27.7. The van der Waals surface area contributed by atoms with Crippen molar-refractivity contribution >= 4 is 40.8 Å². The lowest BCUT2D eigenvalue weighted by Crippen LogP contribution is -2.42. The van der Waals surface area contributed by atoms with Gasteiger partial charge in [-0.3, -0.25) is 9.59 Å². The van der Waals surface area contributed by atoms with E-state index >= 15 is 0 Å². The van der Waals surface area contributed by atoms with E-state index in [0.29, 0.717) is 27.2 Å². The zero-order valence-corrected chi connectivity index (χ0v) is 22.5. The van der Waals surface area contributed by atoms with Crippen LogP contribution in [0.1, 0.15) is 56.2 Å². The van der Waals surface area contributed by atoms with Crippen molar-refractivity contribution in [2.24, 2.45) is 0 Å². The Labute approximate surface area is 223 Å². The molecule has 0 fully saturated rings. The molecule has 1 aromatic heterocycles. The summed E-state index contributed by atoms with van der Waals surface area (Å²) in [6.45, 7) is 9.03. The highest BCUT2D eigenvalue weighted by atomic mass is 35.5. The summed E-state index contributed by atoms with van der Waals surface area (Å²) < 4.78 is 40.2. The van der Waals surface area contributed by atoms with Crippen LogP contribution in [-0.4, -0.2) is 39.1 Å². The first-order chi connectivity index (χ1) is 17.1. The van der Waals surface area contributed by atoms with Crippen molar-refractivity contribution in [3.63, 3.8) is 0 Å². The van der Waals surface area contributed by atoms with Crippen LogP contribution in [0.5, 0.6) is 0 Å². The second-order valence-electron chi connectivity index (χ2n) is 9.83. The first-order valence-corrected chi connectivity index (χ1v) is 12.2. The monoisotopic (exact) mass is 554 g/mol. The molecular formula is C26H27Cl2F3N4O2. The van der Waals surface area contributed by atoms with E-state index in [4.69, 9.17) is 23.2 Å². The van der Waals surface area contributed by atoms with Crippen LogP contribution in [0.25, 0.3) is 5.69 Å². The van der Waals surface area contributed by atoms with E-state index in [2.05, 4.69) is 10.4 Å². The number of amides is 2. The SMILES string of the molecule is CC(C)N(CC(=O)Nc1cc(C(C)(C)C)nn1-c1ccc(Cl)c(Cl)c1)C(=O)c1ccc(C(F)(F)F)cc1. The maximum Gasteiger partial charge on any atom is 0.416 e. The summed E-state index contributed by atoms with van der Waals surface area (Å²) in [7, 11) is 0. The Kier molecular flexibility index (Phi) is 8.29. The molecule has 198 valence electrons. The molecule has 2 aromatic carbocycles. The van der Waals surface area contributed by atoms with Gasteiger partial charge in [0.1, 0.15) is 12.4 Å². The topological polar surface area (TPSA) is 67.2 Å². The molecule has 0 atom stereocenters. The maximum atomic E-state index is 13.1. The summed E-state index contributed by atoms with van der Waals surface area (Å²) in [5.74, 6) is -0.707. The number of hydrogen-bond donors (Lipinski definition) is 1. The van der Waals surface area contributed by atoms with Crippen LogP contribution >= 0.6 is 23.2 Å². The fourth-order valence-corrected chi connectivity index (χ4v) is 3.74. The molecule has 6 nitrogen and oxygen atoms in total. The highest BCUT2D eigenvalue weighted by molar-refractivity contribution is 6.42. The number of anilines is 1. The lowest BCUT2D eigenvalue weighted by molar-refractivity contribution is -0.137. The van der Waals surface area contributed by atoms with Gasteiger partial charge >= 0.3 is 6.18 Å². The Morgan fingerprint density at radius 2 is 1.62 bits per heavy atom. The molecule has 0 saturated heterocycles. The van der Waals surface area contributed by atoms with Gasteiger partial charge in [-0.2, -0.15) is 18.3 Å². The van der Waals surface area contributed by atoms with E-state index < -0.39 is 29.6 Å². The number of rotatable bonds is 6. The van der Waals surface area contributed by atoms with Crippen LogP contribution < -0.4 is 5.32 Å². The molecule has 0 radical (unpaired) electrons. The predicted molar refractivity (Wildman–Crippen MR) is 139 cm³/mol. The minimum Gasteiger partial charge on any atom is -0.327 e. The standard InChI is InChI=1S/C26H27Cl2F3N4O2/c1-15(2)34(24(37)16-6-8-17(9-7-16)26(29,30)31)14-23(36)32-22-13-21(25(3,4)5)33-35(22)18-10-11-19(27)20(28)12-18/h6-13,15H,14H2,1-5H3,(H,32,36). The molecule has 37 heavy (non-hydrogen) atoms.